The number of aromatic amines is 1. The Morgan fingerprint density at radius 2 is 1.79 bits per heavy atom. The van der Waals surface area contributed by atoms with Crippen molar-refractivity contribution in [3.05, 3.63) is 66.2 Å². The number of nitrogens with one attached hydrogen (secondary N) is 3. The Labute approximate surface area is 240 Å². The van der Waals surface area contributed by atoms with Crippen LogP contribution in [0, 0.1) is 0 Å². The van der Waals surface area contributed by atoms with Gasteiger partial charge in [-0.1, -0.05) is 24.3 Å². The predicted molar refractivity (Wildman–Crippen MR) is 159 cm³/mol. The molecule has 2 aromatic heterocycles. The summed E-state index contributed by atoms with van der Waals surface area (Å²) >= 11 is 0. The molecule has 3 aromatic carbocycles. The molecule has 0 bridgehead atoms. The molecule has 42 heavy (non-hydrogen) atoms. The van der Waals surface area contributed by atoms with Crippen molar-refractivity contribution in [2.24, 2.45) is 0 Å². The van der Waals surface area contributed by atoms with E-state index in [1.54, 1.807) is 30.3 Å². The van der Waals surface area contributed by atoms with Gasteiger partial charge in [0.2, 0.25) is 10.0 Å². The van der Waals surface area contributed by atoms with E-state index in [1.165, 1.54) is 7.11 Å². The van der Waals surface area contributed by atoms with E-state index < -0.39 is 47.2 Å². The van der Waals surface area contributed by atoms with Crippen molar-refractivity contribution >= 4 is 59.9 Å². The molecule has 0 amide bonds. The molecule has 220 valence electrons. The molecule has 1 aliphatic rings. The number of ether oxygens (including phenoxy) is 2. The average molecular weight is 595 g/mol. The lowest BCUT2D eigenvalue weighted by atomic mass is 9.91. The second-order valence-electron chi connectivity index (χ2n) is 10.3. The molecular formula is C29H30N4O8S. The molecule has 3 heterocycles. The summed E-state index contributed by atoms with van der Waals surface area (Å²) in [6.45, 7) is -0.520. The van der Waals surface area contributed by atoms with Crippen molar-refractivity contribution in [1.29, 1.82) is 0 Å². The number of aromatic nitrogens is 2. The topological polar surface area (TPSA) is 186 Å². The maximum absolute atomic E-state index is 11.7. The molecule has 0 saturated carbocycles. The molecule has 12 nitrogen and oxygen atoms in total. The Kier molecular flexibility index (Phi) is 7.17. The number of aliphatic hydroxyl groups excluding tert-OH is 4. The minimum Gasteiger partial charge on any atom is -0.494 e. The maximum atomic E-state index is 11.7. The van der Waals surface area contributed by atoms with Gasteiger partial charge in [-0.2, -0.15) is 0 Å². The summed E-state index contributed by atoms with van der Waals surface area (Å²) in [5, 5.41) is 45.8. The molecule has 0 aliphatic carbocycles. The largest absolute Gasteiger partial charge is 0.494 e. The van der Waals surface area contributed by atoms with E-state index in [1.807, 2.05) is 30.3 Å². The van der Waals surface area contributed by atoms with Crippen LogP contribution >= 0.6 is 0 Å². The zero-order valence-electron chi connectivity index (χ0n) is 22.6. The number of nitrogens with zero attached hydrogens (tertiary/aromatic N) is 1. The molecule has 1 saturated heterocycles. The lowest BCUT2D eigenvalue weighted by Gasteiger charge is -2.40. The van der Waals surface area contributed by atoms with E-state index in [0.29, 0.717) is 44.9 Å². The summed E-state index contributed by atoms with van der Waals surface area (Å²) in [6.07, 6.45) is -5.30. The van der Waals surface area contributed by atoms with Crippen LogP contribution in [0.2, 0.25) is 0 Å². The summed E-state index contributed by atoms with van der Waals surface area (Å²) in [5.74, 6) is 0.415. The molecule has 5 aromatic rings. The van der Waals surface area contributed by atoms with Crippen LogP contribution in [0.5, 0.6) is 5.75 Å². The summed E-state index contributed by atoms with van der Waals surface area (Å²) in [5.41, 5.74) is 4.99. The first kappa shape index (κ1) is 28.2. The van der Waals surface area contributed by atoms with Gasteiger partial charge in [0, 0.05) is 22.4 Å². The number of pyridine rings is 1. The van der Waals surface area contributed by atoms with Gasteiger partial charge in [0.25, 0.3) is 0 Å². The number of H-pyrrole nitrogens is 1. The van der Waals surface area contributed by atoms with Crippen LogP contribution < -0.4 is 14.8 Å². The van der Waals surface area contributed by atoms with Gasteiger partial charge < -0.3 is 40.2 Å². The molecule has 5 atom stereocenters. The third-order valence-corrected chi connectivity index (χ3v) is 8.04. The number of para-hydroxylation sites is 1. The van der Waals surface area contributed by atoms with Gasteiger partial charge in [-0.05, 0) is 35.9 Å². The highest BCUT2D eigenvalue weighted by Gasteiger charge is 2.44. The first-order chi connectivity index (χ1) is 20.1. The van der Waals surface area contributed by atoms with Crippen molar-refractivity contribution in [2.75, 3.05) is 30.0 Å². The van der Waals surface area contributed by atoms with Crippen LogP contribution in [0.1, 0.15) is 11.7 Å². The summed E-state index contributed by atoms with van der Waals surface area (Å²) < 4.78 is 37.2. The molecule has 13 heteroatoms. The predicted octanol–water partition coefficient (Wildman–Crippen LogP) is 2.51. The number of hydrogen-bond donors (Lipinski definition) is 7. The Morgan fingerprint density at radius 1 is 1.00 bits per heavy atom. The van der Waals surface area contributed by atoms with Crippen molar-refractivity contribution in [3.8, 4) is 5.75 Å². The Morgan fingerprint density at radius 3 is 2.52 bits per heavy atom. The van der Waals surface area contributed by atoms with E-state index in [-0.39, 0.29) is 0 Å². The zero-order chi connectivity index (χ0) is 29.8. The van der Waals surface area contributed by atoms with Crippen LogP contribution in [0.15, 0.2) is 60.7 Å². The molecule has 6 rings (SSSR count). The lowest BCUT2D eigenvalue weighted by molar-refractivity contribution is -0.231. The molecule has 1 aliphatic heterocycles. The van der Waals surface area contributed by atoms with E-state index in [0.717, 1.165) is 22.5 Å². The highest BCUT2D eigenvalue weighted by atomic mass is 32.2. The van der Waals surface area contributed by atoms with Crippen LogP contribution in [0.4, 0.5) is 17.1 Å². The fourth-order valence-electron chi connectivity index (χ4n) is 5.42. The van der Waals surface area contributed by atoms with Gasteiger partial charge >= 0.3 is 0 Å². The van der Waals surface area contributed by atoms with Gasteiger partial charge in [-0.3, -0.25) is 4.72 Å². The highest BCUT2D eigenvalue weighted by molar-refractivity contribution is 7.92. The Bertz CT molecular complexity index is 1910. The number of anilines is 3. The number of fused-ring (bicyclic) bond motifs is 4. The van der Waals surface area contributed by atoms with Crippen LogP contribution in [0.3, 0.4) is 0 Å². The SMILES string of the molecule is COc1cc(NS(C)(=O)=O)ccc1Nc1c2ccccc2nc2c1[nH]c1ccc([C@@H]3O[C@H](CO)[C@@H](O)[C@H](O)[C@H]3O)cc12. The third kappa shape index (κ3) is 5.00. The van der Waals surface area contributed by atoms with Gasteiger partial charge in [0.05, 0.1) is 53.6 Å². The van der Waals surface area contributed by atoms with Crippen molar-refractivity contribution < 1.29 is 38.3 Å². The van der Waals surface area contributed by atoms with Crippen molar-refractivity contribution in [2.45, 2.75) is 30.5 Å². The zero-order valence-corrected chi connectivity index (χ0v) is 23.5. The average Bonchev–Trinajstić information content (AvgIpc) is 3.33. The Balaban J connectivity index is 1.48. The summed E-state index contributed by atoms with van der Waals surface area (Å²) in [7, 11) is -1.98. The summed E-state index contributed by atoms with van der Waals surface area (Å²) in [6, 6.07) is 17.9. The lowest BCUT2D eigenvalue weighted by Crippen LogP contribution is -2.55. The standard InChI is InChI=1S/C29H30N4O8S/c1-40-21-12-15(33-42(2,38)39)8-10-20(21)32-23-16-5-3-4-6-18(16)30-24-17-11-14(7-9-19(17)31-25(23)24)29-28(37)27(36)26(35)22(13-34)41-29/h3-12,22,26-29,31,33-37H,13H2,1-2H3,(H,30,32)/t22-,26-,27+,28-,29+/m1/s1. The quantitative estimate of drug-likeness (QED) is 0.148. The first-order valence-corrected chi connectivity index (χ1v) is 15.0. The minimum absolute atomic E-state index is 0.357. The van der Waals surface area contributed by atoms with Gasteiger partial charge in [0.15, 0.2) is 0 Å². The van der Waals surface area contributed by atoms with Gasteiger partial charge in [-0.25, -0.2) is 13.4 Å². The molecule has 7 N–H and O–H groups in total. The molecule has 1 fully saturated rings. The number of rotatable bonds is 7. The van der Waals surface area contributed by atoms with E-state index in [2.05, 4.69) is 15.0 Å². The molecule has 0 radical (unpaired) electrons. The Hall–Kier alpha value is -3.98. The van der Waals surface area contributed by atoms with Crippen molar-refractivity contribution in [3.63, 3.8) is 0 Å². The minimum atomic E-state index is -3.47. The molecule has 0 unspecified atom stereocenters. The number of methoxy groups -OCH3 is 1. The van der Waals surface area contributed by atoms with Crippen LogP contribution in [-0.2, 0) is 14.8 Å². The van der Waals surface area contributed by atoms with Crippen LogP contribution in [0.25, 0.3) is 32.8 Å². The van der Waals surface area contributed by atoms with Crippen molar-refractivity contribution in [1.82, 2.24) is 9.97 Å². The monoisotopic (exact) mass is 594 g/mol. The van der Waals surface area contributed by atoms with Gasteiger partial charge in [0.1, 0.15) is 36.3 Å². The fraction of sp³-hybridized carbons (Fsp3) is 0.276. The van der Waals surface area contributed by atoms with E-state index in [9.17, 15) is 28.8 Å². The number of hydrogen-bond acceptors (Lipinski definition) is 10. The smallest absolute Gasteiger partial charge is 0.229 e. The van der Waals surface area contributed by atoms with Crippen LogP contribution in [-0.4, -0.2) is 83.2 Å². The normalized spacial score (nSPS) is 23.0. The number of sulfonamides is 1. The maximum Gasteiger partial charge on any atom is 0.229 e. The molecular weight excluding hydrogens is 564 g/mol. The summed E-state index contributed by atoms with van der Waals surface area (Å²) in [4.78, 5) is 8.34. The second-order valence-corrected chi connectivity index (χ2v) is 12.1. The number of aliphatic hydroxyl groups is 4. The first-order valence-electron chi connectivity index (χ1n) is 13.2. The third-order valence-electron chi connectivity index (χ3n) is 7.44. The molecule has 0 spiro atoms. The fourth-order valence-corrected chi connectivity index (χ4v) is 5.98. The number of benzene rings is 3. The highest BCUT2D eigenvalue weighted by Crippen LogP contribution is 2.40. The van der Waals surface area contributed by atoms with Gasteiger partial charge in [-0.15, -0.1) is 0 Å². The van der Waals surface area contributed by atoms with E-state index in [4.69, 9.17) is 14.5 Å². The second kappa shape index (κ2) is 10.7. The van der Waals surface area contributed by atoms with E-state index >= 15 is 0 Å².